The van der Waals surface area contributed by atoms with E-state index in [1.807, 2.05) is 0 Å². The van der Waals surface area contributed by atoms with Gasteiger partial charge in [-0.25, -0.2) is 14.4 Å². The highest BCUT2D eigenvalue weighted by molar-refractivity contribution is 6.19. The Morgan fingerprint density at radius 1 is 0.821 bits per heavy atom. The lowest BCUT2D eigenvalue weighted by molar-refractivity contribution is -0.176. The highest BCUT2D eigenvalue weighted by Crippen LogP contribution is 2.26. The monoisotopic (exact) mass is 386 g/mol. The van der Waals surface area contributed by atoms with Gasteiger partial charge in [0.1, 0.15) is 0 Å². The van der Waals surface area contributed by atoms with Crippen LogP contribution in [0.1, 0.15) is 31.8 Å². The summed E-state index contributed by atoms with van der Waals surface area (Å²) in [4.78, 5) is 48.7. The SMILES string of the molecule is Cc1ccc(C(=O)O[C@@](C(=O)O)(C(=O)c2ccc(C)cc2)[C@H](O)C(=O)O)cc1. The first-order valence-corrected chi connectivity index (χ1v) is 8.15. The summed E-state index contributed by atoms with van der Waals surface area (Å²) in [6.45, 7) is 3.48. The van der Waals surface area contributed by atoms with Crippen molar-refractivity contribution >= 4 is 23.7 Å². The third-order valence-electron chi connectivity index (χ3n) is 4.13. The first kappa shape index (κ1) is 20.8. The summed E-state index contributed by atoms with van der Waals surface area (Å²) < 4.78 is 4.88. The second-order valence-electron chi connectivity index (χ2n) is 6.23. The van der Waals surface area contributed by atoms with Crippen molar-refractivity contribution in [3.63, 3.8) is 0 Å². The van der Waals surface area contributed by atoms with Crippen LogP contribution in [-0.2, 0) is 14.3 Å². The minimum absolute atomic E-state index is 0.106. The molecular formula is C20H18O8. The Morgan fingerprint density at radius 3 is 1.64 bits per heavy atom. The van der Waals surface area contributed by atoms with Crippen LogP contribution in [0.15, 0.2) is 48.5 Å². The van der Waals surface area contributed by atoms with Gasteiger partial charge in [-0.3, -0.25) is 4.79 Å². The highest BCUT2D eigenvalue weighted by atomic mass is 16.6. The number of carboxylic acid groups (broad SMARTS) is 2. The van der Waals surface area contributed by atoms with Crippen molar-refractivity contribution < 1.29 is 39.2 Å². The van der Waals surface area contributed by atoms with Crippen LogP contribution in [0.3, 0.4) is 0 Å². The largest absolute Gasteiger partial charge is 0.479 e. The second-order valence-corrected chi connectivity index (χ2v) is 6.23. The molecule has 3 N–H and O–H groups in total. The van der Waals surface area contributed by atoms with Crippen molar-refractivity contribution in [1.29, 1.82) is 0 Å². The Morgan fingerprint density at radius 2 is 1.25 bits per heavy atom. The minimum Gasteiger partial charge on any atom is -0.479 e. The van der Waals surface area contributed by atoms with Gasteiger partial charge >= 0.3 is 23.5 Å². The molecule has 0 bridgehead atoms. The average Bonchev–Trinajstić information content (AvgIpc) is 2.65. The van der Waals surface area contributed by atoms with Crippen molar-refractivity contribution in [2.24, 2.45) is 0 Å². The number of aliphatic hydroxyl groups is 1. The average molecular weight is 386 g/mol. The van der Waals surface area contributed by atoms with Crippen molar-refractivity contribution in [2.75, 3.05) is 0 Å². The zero-order valence-corrected chi connectivity index (χ0v) is 15.1. The number of carboxylic acids is 2. The summed E-state index contributed by atoms with van der Waals surface area (Å²) in [5.41, 5.74) is -2.13. The fourth-order valence-electron chi connectivity index (χ4n) is 2.47. The van der Waals surface area contributed by atoms with Crippen molar-refractivity contribution in [1.82, 2.24) is 0 Å². The molecule has 0 heterocycles. The lowest BCUT2D eigenvalue weighted by atomic mass is 9.86. The number of hydrogen-bond donors (Lipinski definition) is 3. The molecule has 0 aliphatic heterocycles. The molecule has 0 radical (unpaired) electrons. The molecule has 146 valence electrons. The van der Waals surface area contributed by atoms with E-state index in [0.717, 1.165) is 11.1 Å². The smallest absolute Gasteiger partial charge is 0.360 e. The van der Waals surface area contributed by atoms with E-state index in [1.54, 1.807) is 26.0 Å². The molecule has 0 spiro atoms. The molecule has 0 aliphatic carbocycles. The number of carbonyl (C=O) groups is 4. The standard InChI is InChI=1S/C20H18O8/c1-11-3-7-13(8-4-11)15(21)20(19(26)27,16(22)17(23)24)28-18(25)14-9-5-12(2)6-10-14/h3-10,16,22H,1-2H3,(H,23,24)(H,26,27)/t16-,20+/m1/s1. The fourth-order valence-corrected chi connectivity index (χ4v) is 2.47. The fraction of sp³-hybridized carbons (Fsp3) is 0.200. The van der Waals surface area contributed by atoms with E-state index in [0.29, 0.717) is 0 Å². The highest BCUT2D eigenvalue weighted by Gasteiger charge is 2.59. The van der Waals surface area contributed by atoms with Crippen molar-refractivity contribution in [3.8, 4) is 0 Å². The molecule has 0 fully saturated rings. The first-order chi connectivity index (χ1) is 13.1. The van der Waals surface area contributed by atoms with Gasteiger partial charge in [-0.2, -0.15) is 0 Å². The van der Waals surface area contributed by atoms with Crippen molar-refractivity contribution in [3.05, 3.63) is 70.8 Å². The summed E-state index contributed by atoms with van der Waals surface area (Å²) in [5, 5.41) is 28.9. The molecule has 8 heteroatoms. The number of Topliss-reactive ketones (excluding diaryl/α,β-unsaturated/α-hetero) is 1. The van der Waals surface area contributed by atoms with Gasteiger partial charge in [-0.05, 0) is 26.0 Å². The van der Waals surface area contributed by atoms with Crippen molar-refractivity contribution in [2.45, 2.75) is 25.6 Å². The van der Waals surface area contributed by atoms with Crippen LogP contribution in [0, 0.1) is 13.8 Å². The lowest BCUT2D eigenvalue weighted by Gasteiger charge is -2.30. The number of ether oxygens (including phenoxy) is 1. The van der Waals surface area contributed by atoms with Crippen LogP contribution in [-0.4, -0.2) is 50.7 Å². The van der Waals surface area contributed by atoms with Crippen LogP contribution in [0.5, 0.6) is 0 Å². The molecule has 0 unspecified atom stereocenters. The predicted octanol–water partition coefficient (Wildman–Crippen LogP) is 1.61. The summed E-state index contributed by atoms with van der Waals surface area (Å²) >= 11 is 0. The van der Waals surface area contributed by atoms with Crippen LogP contribution in [0.4, 0.5) is 0 Å². The van der Waals surface area contributed by atoms with Gasteiger partial charge in [-0.1, -0.05) is 47.5 Å². The van der Waals surface area contributed by atoms with Gasteiger partial charge in [0.25, 0.3) is 0 Å². The number of hydrogen-bond acceptors (Lipinski definition) is 6. The molecule has 2 aromatic rings. The van der Waals surface area contributed by atoms with E-state index in [4.69, 9.17) is 9.84 Å². The van der Waals surface area contributed by atoms with Crippen LogP contribution in [0.25, 0.3) is 0 Å². The third-order valence-corrected chi connectivity index (χ3v) is 4.13. The molecule has 0 amide bonds. The van der Waals surface area contributed by atoms with Crippen LogP contribution < -0.4 is 0 Å². The van der Waals surface area contributed by atoms with Gasteiger partial charge in [0.2, 0.25) is 11.9 Å². The van der Waals surface area contributed by atoms with E-state index >= 15 is 0 Å². The van der Waals surface area contributed by atoms with Gasteiger partial charge in [0, 0.05) is 5.56 Å². The Bertz CT molecular complexity index is 914. The molecule has 2 rings (SSSR count). The summed E-state index contributed by atoms with van der Waals surface area (Å²) in [5.74, 6) is -6.76. The second kappa shape index (κ2) is 8.01. The number of carbonyl (C=O) groups excluding carboxylic acids is 2. The molecule has 0 aliphatic rings. The van der Waals surface area contributed by atoms with E-state index < -0.39 is 35.4 Å². The van der Waals surface area contributed by atoms with Crippen LogP contribution >= 0.6 is 0 Å². The zero-order valence-electron chi connectivity index (χ0n) is 15.1. The van der Waals surface area contributed by atoms with E-state index in [9.17, 15) is 29.4 Å². The summed E-state index contributed by atoms with van der Waals surface area (Å²) in [6, 6.07) is 11.3. The van der Waals surface area contributed by atoms with E-state index in [-0.39, 0.29) is 11.1 Å². The number of aliphatic carboxylic acids is 2. The quantitative estimate of drug-likeness (QED) is 0.371. The number of ketones is 1. The molecule has 2 atom stereocenters. The normalized spacial score (nSPS) is 13.8. The van der Waals surface area contributed by atoms with Gasteiger partial charge in [-0.15, -0.1) is 0 Å². The summed E-state index contributed by atoms with van der Waals surface area (Å²) in [6.07, 6.45) is -2.83. The van der Waals surface area contributed by atoms with Gasteiger partial charge < -0.3 is 20.1 Å². The Balaban J connectivity index is 2.56. The van der Waals surface area contributed by atoms with E-state index in [1.165, 1.54) is 36.4 Å². The molecule has 0 saturated carbocycles. The number of benzene rings is 2. The van der Waals surface area contributed by atoms with Gasteiger partial charge in [0.15, 0.2) is 0 Å². The molecule has 0 saturated heterocycles. The third kappa shape index (κ3) is 3.91. The molecule has 8 nitrogen and oxygen atoms in total. The first-order valence-electron chi connectivity index (χ1n) is 8.15. The topological polar surface area (TPSA) is 138 Å². The molecule has 28 heavy (non-hydrogen) atoms. The Hall–Kier alpha value is -3.52. The molecule has 2 aromatic carbocycles. The van der Waals surface area contributed by atoms with E-state index in [2.05, 4.69) is 0 Å². The maximum absolute atomic E-state index is 12.9. The predicted molar refractivity (Wildman–Crippen MR) is 96.1 cm³/mol. The summed E-state index contributed by atoms with van der Waals surface area (Å²) in [7, 11) is 0. The molecular weight excluding hydrogens is 368 g/mol. The number of aryl methyl sites for hydroxylation is 2. The maximum Gasteiger partial charge on any atom is 0.360 e. The Labute approximate surface area is 160 Å². The zero-order chi connectivity index (χ0) is 21.1. The molecule has 0 aromatic heterocycles. The number of rotatable bonds is 7. The van der Waals surface area contributed by atoms with Crippen LogP contribution in [0.2, 0.25) is 0 Å². The maximum atomic E-state index is 12.9. The number of aliphatic hydroxyl groups excluding tert-OH is 1. The van der Waals surface area contributed by atoms with Gasteiger partial charge in [0.05, 0.1) is 5.56 Å². The Kier molecular flexibility index (Phi) is 5.95. The lowest BCUT2D eigenvalue weighted by Crippen LogP contribution is -2.61. The minimum atomic E-state index is -3.36. The number of esters is 1.